The molecule has 1 aromatic carbocycles. The number of rotatable bonds is 7. The Kier molecular flexibility index (Phi) is 5.05. The van der Waals surface area contributed by atoms with Crippen molar-refractivity contribution in [3.05, 3.63) is 65.5 Å². The third-order valence-electron chi connectivity index (χ3n) is 8.00. The van der Waals surface area contributed by atoms with Crippen molar-refractivity contribution in [3.8, 4) is 0 Å². The molecule has 2 aromatic rings. The minimum absolute atomic E-state index is 0.0143. The van der Waals surface area contributed by atoms with Gasteiger partial charge >= 0.3 is 0 Å². The summed E-state index contributed by atoms with van der Waals surface area (Å²) in [7, 11) is 0. The van der Waals surface area contributed by atoms with Crippen LogP contribution in [-0.4, -0.2) is 30.3 Å². The molecule has 1 aromatic heterocycles. The monoisotopic (exact) mass is 439 g/mol. The highest BCUT2D eigenvalue weighted by atomic mass is 16.5. The van der Waals surface area contributed by atoms with Gasteiger partial charge in [-0.25, -0.2) is 0 Å². The maximum absolute atomic E-state index is 7.95. The molecule has 4 nitrogen and oxygen atoms in total. The van der Waals surface area contributed by atoms with Crippen molar-refractivity contribution in [2.24, 2.45) is 0 Å². The average Bonchev–Trinajstić information content (AvgIpc) is 3.32. The Bertz CT molecular complexity index is 1060. The van der Waals surface area contributed by atoms with Crippen LogP contribution in [0.1, 0.15) is 100 Å². The number of nitrogens with one attached hydrogen (secondary N) is 1. The highest BCUT2D eigenvalue weighted by molar-refractivity contribution is 5.34. The lowest BCUT2D eigenvalue weighted by atomic mass is 9.68. The Morgan fingerprint density at radius 1 is 1.12 bits per heavy atom. The van der Waals surface area contributed by atoms with E-state index < -0.39 is 19.5 Å². The molecular formula is C28H38N2O2. The van der Waals surface area contributed by atoms with Crippen LogP contribution in [0, 0.1) is 0 Å². The Balaban J connectivity index is 1.31. The number of aromatic nitrogens is 1. The first-order valence-corrected chi connectivity index (χ1v) is 12.2. The van der Waals surface area contributed by atoms with Crippen LogP contribution in [0.25, 0.3) is 0 Å². The minimum atomic E-state index is -2.84. The van der Waals surface area contributed by atoms with E-state index in [1.54, 1.807) is 0 Å². The highest BCUT2D eigenvalue weighted by Crippen LogP contribution is 2.49. The molecule has 0 unspecified atom stereocenters. The molecule has 0 bridgehead atoms. The molecule has 1 aliphatic heterocycles. The summed E-state index contributed by atoms with van der Waals surface area (Å²) in [6.45, 7) is -3.93. The summed E-state index contributed by atoms with van der Waals surface area (Å²) in [4.78, 5) is 4.81. The fraction of sp³-hybridized carbons (Fsp3) is 0.607. The van der Waals surface area contributed by atoms with Crippen LogP contribution in [0.4, 0.5) is 0 Å². The molecule has 1 saturated carbocycles. The quantitative estimate of drug-likeness (QED) is 0.571. The zero-order valence-corrected chi connectivity index (χ0v) is 18.8. The van der Waals surface area contributed by atoms with E-state index in [1.807, 2.05) is 36.5 Å². The highest BCUT2D eigenvalue weighted by Gasteiger charge is 2.48. The number of fused-ring (bicyclic) bond motifs is 1. The molecule has 32 heavy (non-hydrogen) atoms. The summed E-state index contributed by atoms with van der Waals surface area (Å²) in [5.74, 6) is 0. The zero-order valence-electron chi connectivity index (χ0n) is 23.8. The number of benzene rings is 1. The van der Waals surface area contributed by atoms with Gasteiger partial charge in [-0.2, -0.15) is 0 Å². The van der Waals surface area contributed by atoms with Crippen molar-refractivity contribution in [1.29, 1.82) is 0 Å². The lowest BCUT2D eigenvalue weighted by Gasteiger charge is -2.46. The summed E-state index contributed by atoms with van der Waals surface area (Å²) >= 11 is 0. The molecular weight excluding hydrogens is 396 g/mol. The van der Waals surface area contributed by atoms with Gasteiger partial charge in [-0.3, -0.25) is 4.98 Å². The smallest absolute Gasteiger partial charge is 0.0828 e. The Morgan fingerprint density at radius 3 is 2.78 bits per heavy atom. The molecule has 1 N–H and O–H groups in total. The van der Waals surface area contributed by atoms with Crippen molar-refractivity contribution in [2.45, 2.75) is 87.8 Å². The Morgan fingerprint density at radius 2 is 1.97 bits per heavy atom. The van der Waals surface area contributed by atoms with Crippen molar-refractivity contribution < 1.29 is 16.3 Å². The van der Waals surface area contributed by atoms with Crippen LogP contribution in [0.3, 0.4) is 0 Å². The van der Waals surface area contributed by atoms with Crippen LogP contribution in [0.15, 0.2) is 48.7 Å². The first-order valence-electron chi connectivity index (χ1n) is 14.7. The van der Waals surface area contributed by atoms with E-state index in [0.29, 0.717) is 6.42 Å². The molecule has 1 spiro atoms. The van der Waals surface area contributed by atoms with Crippen molar-refractivity contribution >= 4 is 0 Å². The summed E-state index contributed by atoms with van der Waals surface area (Å²) in [5.41, 5.74) is 3.06. The molecule has 2 heterocycles. The summed E-state index contributed by atoms with van der Waals surface area (Å²) < 4.78 is 50.4. The van der Waals surface area contributed by atoms with E-state index in [-0.39, 0.29) is 17.1 Å². The van der Waals surface area contributed by atoms with Gasteiger partial charge in [-0.1, -0.05) is 43.2 Å². The van der Waals surface area contributed by atoms with Gasteiger partial charge < -0.3 is 14.8 Å². The fourth-order valence-corrected chi connectivity index (χ4v) is 6.44. The average molecular weight is 440 g/mol. The lowest BCUT2D eigenvalue weighted by Crippen LogP contribution is -2.47. The standard InChI is InChI=1S/C28H38N2O2/c1-2-31-25-13-12-24(22-9-3-4-10-23(22)25)29-19-16-27(26-11-5-8-18-30-26)17-20-32-28(21-27)14-6-7-15-28/h3-5,8-11,18,24-25,29H,2,6-7,12-17,19-21H2,1H3/t24-,25-,27+/m0/s1/i1D3,2D2. The van der Waals surface area contributed by atoms with E-state index in [1.165, 1.54) is 12.8 Å². The van der Waals surface area contributed by atoms with E-state index in [4.69, 9.17) is 21.3 Å². The van der Waals surface area contributed by atoms with E-state index >= 15 is 0 Å². The molecule has 4 heteroatoms. The van der Waals surface area contributed by atoms with Gasteiger partial charge in [-0.05, 0) is 81.6 Å². The molecule has 172 valence electrons. The fourth-order valence-electron chi connectivity index (χ4n) is 6.44. The van der Waals surface area contributed by atoms with Gasteiger partial charge in [0.15, 0.2) is 0 Å². The maximum atomic E-state index is 7.95. The number of hydrogen-bond acceptors (Lipinski definition) is 4. The van der Waals surface area contributed by atoms with Gasteiger partial charge in [-0.15, -0.1) is 0 Å². The largest absolute Gasteiger partial charge is 0.375 e. The predicted molar refractivity (Wildman–Crippen MR) is 128 cm³/mol. The predicted octanol–water partition coefficient (Wildman–Crippen LogP) is 6.04. The molecule has 2 aliphatic carbocycles. The molecule has 0 amide bonds. The third-order valence-corrected chi connectivity index (χ3v) is 8.00. The second-order valence-corrected chi connectivity index (χ2v) is 9.83. The van der Waals surface area contributed by atoms with E-state index in [2.05, 4.69) is 17.4 Å². The molecule has 0 radical (unpaired) electrons. The first kappa shape index (κ1) is 16.8. The molecule has 5 rings (SSSR count). The van der Waals surface area contributed by atoms with Gasteiger partial charge in [0.05, 0.1) is 14.4 Å². The summed E-state index contributed by atoms with van der Waals surface area (Å²) in [5, 5.41) is 3.78. The number of hydrogen-bond donors (Lipinski definition) is 1. The normalized spacial score (nSPS) is 32.3. The van der Waals surface area contributed by atoms with Crippen LogP contribution >= 0.6 is 0 Å². The van der Waals surface area contributed by atoms with Crippen LogP contribution in [0.5, 0.6) is 0 Å². The van der Waals surface area contributed by atoms with E-state index in [9.17, 15) is 0 Å². The lowest BCUT2D eigenvalue weighted by molar-refractivity contribution is -0.104. The second kappa shape index (κ2) is 9.62. The summed E-state index contributed by atoms with van der Waals surface area (Å²) in [6, 6.07) is 14.2. The second-order valence-electron chi connectivity index (χ2n) is 9.83. The molecule has 3 aliphatic rings. The van der Waals surface area contributed by atoms with Crippen molar-refractivity contribution in [3.63, 3.8) is 0 Å². The van der Waals surface area contributed by atoms with Crippen LogP contribution in [-0.2, 0) is 14.9 Å². The number of pyridine rings is 1. The topological polar surface area (TPSA) is 43.4 Å². The van der Waals surface area contributed by atoms with Gasteiger partial charge in [0.25, 0.3) is 0 Å². The van der Waals surface area contributed by atoms with Crippen molar-refractivity contribution in [1.82, 2.24) is 10.3 Å². The van der Waals surface area contributed by atoms with Crippen LogP contribution in [0.2, 0.25) is 0 Å². The van der Waals surface area contributed by atoms with Gasteiger partial charge in [0.2, 0.25) is 0 Å². The van der Waals surface area contributed by atoms with Gasteiger partial charge in [0.1, 0.15) is 0 Å². The summed E-state index contributed by atoms with van der Waals surface area (Å²) in [6.07, 6.45) is 10.3. The Labute approximate surface area is 200 Å². The first-order chi connectivity index (χ1) is 17.6. The molecule has 1 saturated heterocycles. The Hall–Kier alpha value is -1.75. The van der Waals surface area contributed by atoms with E-state index in [0.717, 1.165) is 68.5 Å². The van der Waals surface area contributed by atoms with Gasteiger partial charge in [0, 0.05) is 40.6 Å². The SMILES string of the molecule is [2H]C([2H])([2H])C([2H])([2H])O[C@H]1CC[C@H](NCC[C@@]2(c3ccccn3)CCOC3(CCCC3)C2)c2ccccc21. The molecule has 3 atom stereocenters. The van der Waals surface area contributed by atoms with Crippen molar-refractivity contribution in [2.75, 3.05) is 19.7 Å². The molecule has 2 fully saturated rings. The number of nitrogens with zero attached hydrogens (tertiary/aromatic N) is 1. The maximum Gasteiger partial charge on any atom is 0.0828 e. The number of ether oxygens (including phenoxy) is 2. The minimum Gasteiger partial charge on any atom is -0.375 e. The third kappa shape index (κ3) is 4.37. The van der Waals surface area contributed by atoms with Crippen LogP contribution < -0.4 is 5.32 Å². The zero-order chi connectivity index (χ0) is 26.2.